The first-order valence-corrected chi connectivity index (χ1v) is 5.31. The molecule has 6 heteroatoms. The van der Waals surface area contributed by atoms with Gasteiger partial charge in [-0.05, 0) is 11.6 Å². The largest absolute Gasteiger partial charge is 0.443 e. The van der Waals surface area contributed by atoms with Gasteiger partial charge in [-0.1, -0.05) is 30.3 Å². The summed E-state index contributed by atoms with van der Waals surface area (Å²) < 4.78 is 5.08. The number of hydrogen-bond donors (Lipinski definition) is 1. The van der Waals surface area contributed by atoms with E-state index in [4.69, 9.17) is 10.1 Å². The second-order valence-electron chi connectivity index (χ2n) is 3.44. The molecule has 2 aromatic rings. The Labute approximate surface area is 104 Å². The van der Waals surface area contributed by atoms with Crippen molar-refractivity contribution in [2.45, 2.75) is 6.61 Å². The van der Waals surface area contributed by atoms with E-state index in [1.165, 1.54) is 11.0 Å². The molecule has 0 saturated heterocycles. The molecule has 1 aromatic carbocycles. The predicted molar refractivity (Wildman–Crippen MR) is 65.9 cm³/mol. The summed E-state index contributed by atoms with van der Waals surface area (Å²) in [6.07, 6.45) is 3.26. The third kappa shape index (κ3) is 2.73. The maximum atomic E-state index is 11.7. The summed E-state index contributed by atoms with van der Waals surface area (Å²) >= 11 is 0. The minimum absolute atomic E-state index is 0.158. The first-order chi connectivity index (χ1) is 8.81. The predicted octanol–water partition coefficient (Wildman–Crippen LogP) is 1.76. The lowest BCUT2D eigenvalue weighted by Crippen LogP contribution is -2.39. The molecule has 1 aromatic heterocycles. The van der Waals surface area contributed by atoms with Crippen LogP contribution in [0.4, 0.5) is 4.79 Å². The van der Waals surface area contributed by atoms with Gasteiger partial charge in [-0.15, -0.1) is 0 Å². The molecule has 0 bridgehead atoms. The lowest BCUT2D eigenvalue weighted by molar-refractivity contribution is 0.145. The van der Waals surface area contributed by atoms with E-state index < -0.39 is 6.09 Å². The molecule has 0 aliphatic carbocycles. The number of hydrogen-bond acceptors (Lipinski definition) is 4. The molecule has 18 heavy (non-hydrogen) atoms. The number of ether oxygens (including phenoxy) is 1. The van der Waals surface area contributed by atoms with Gasteiger partial charge in [-0.3, -0.25) is 5.41 Å². The monoisotopic (exact) mass is 244 g/mol. The van der Waals surface area contributed by atoms with Gasteiger partial charge in [0.05, 0.1) is 6.20 Å². The molecule has 0 spiro atoms. The zero-order valence-electron chi connectivity index (χ0n) is 9.56. The normalized spacial score (nSPS) is 9.78. The minimum atomic E-state index is -0.655. The lowest BCUT2D eigenvalue weighted by Gasteiger charge is -2.16. The average molecular weight is 244 g/mol. The van der Waals surface area contributed by atoms with Gasteiger partial charge in [0.15, 0.2) is 0 Å². The molecule has 6 nitrogen and oxygen atoms in total. The molecule has 1 heterocycles. The molecule has 0 unspecified atom stereocenters. The minimum Gasteiger partial charge on any atom is -0.443 e. The summed E-state index contributed by atoms with van der Waals surface area (Å²) in [6.45, 7) is 0.158. The van der Waals surface area contributed by atoms with Gasteiger partial charge < -0.3 is 4.74 Å². The molecule has 2 rings (SSSR count). The van der Waals surface area contributed by atoms with E-state index in [1.807, 2.05) is 30.3 Å². The van der Waals surface area contributed by atoms with Crippen LogP contribution in [0.25, 0.3) is 0 Å². The van der Waals surface area contributed by atoms with Crippen molar-refractivity contribution in [3.8, 4) is 0 Å². The van der Waals surface area contributed by atoms with Crippen molar-refractivity contribution >= 4 is 12.4 Å². The van der Waals surface area contributed by atoms with Gasteiger partial charge in [0.25, 0.3) is 0 Å². The molecule has 1 N–H and O–H groups in total. The summed E-state index contributed by atoms with van der Waals surface area (Å²) in [7, 11) is 0. The highest BCUT2D eigenvalue weighted by molar-refractivity contribution is 5.95. The molecule has 92 valence electrons. The van der Waals surface area contributed by atoms with E-state index in [2.05, 4.69) is 5.10 Å². The molecule has 0 aliphatic heterocycles. The number of carbonyl (C=O) groups is 1. The Balaban J connectivity index is 1.97. The van der Waals surface area contributed by atoms with Crippen molar-refractivity contribution in [3.63, 3.8) is 0 Å². The van der Waals surface area contributed by atoms with Crippen LogP contribution < -0.4 is 5.01 Å². The van der Waals surface area contributed by atoms with Crippen molar-refractivity contribution in [1.82, 2.24) is 9.89 Å². The van der Waals surface area contributed by atoms with Crippen molar-refractivity contribution in [3.05, 3.63) is 54.4 Å². The maximum Gasteiger partial charge on any atom is 0.436 e. The Morgan fingerprint density at radius 1 is 1.39 bits per heavy atom. The Hall–Kier alpha value is -2.63. The summed E-state index contributed by atoms with van der Waals surface area (Å²) in [5.74, 6) is 0. The highest BCUT2D eigenvalue weighted by atomic mass is 16.6. The van der Waals surface area contributed by atoms with Gasteiger partial charge in [0, 0.05) is 6.20 Å². The highest BCUT2D eigenvalue weighted by Crippen LogP contribution is 2.02. The SMILES string of the molecule is N=CN(C(=O)OCc1ccccc1)n1cccn1. The van der Waals surface area contributed by atoms with E-state index >= 15 is 0 Å². The van der Waals surface area contributed by atoms with Crippen LogP contribution in [0.5, 0.6) is 0 Å². The van der Waals surface area contributed by atoms with Crippen LogP contribution >= 0.6 is 0 Å². The Bertz CT molecular complexity index is 510. The molecule has 0 aliphatic rings. The van der Waals surface area contributed by atoms with Crippen molar-refractivity contribution < 1.29 is 9.53 Å². The van der Waals surface area contributed by atoms with Gasteiger partial charge in [-0.2, -0.15) is 14.9 Å². The Morgan fingerprint density at radius 3 is 2.78 bits per heavy atom. The number of carbonyl (C=O) groups excluding carboxylic acids is 1. The molecule has 0 radical (unpaired) electrons. The molecular formula is C12H12N4O2. The third-order valence-electron chi connectivity index (χ3n) is 2.23. The van der Waals surface area contributed by atoms with Crippen LogP contribution in [0.3, 0.4) is 0 Å². The zero-order valence-corrected chi connectivity index (χ0v) is 9.56. The van der Waals surface area contributed by atoms with Crippen LogP contribution in [0.15, 0.2) is 48.8 Å². The molecule has 0 atom stereocenters. The summed E-state index contributed by atoms with van der Waals surface area (Å²) in [5.41, 5.74) is 0.885. The summed E-state index contributed by atoms with van der Waals surface area (Å²) in [4.78, 5) is 13.0. The van der Waals surface area contributed by atoms with Crippen molar-refractivity contribution in [2.24, 2.45) is 0 Å². The summed E-state index contributed by atoms with van der Waals surface area (Å²) in [6, 6.07) is 11.0. The van der Waals surface area contributed by atoms with Crippen LogP contribution in [0, 0.1) is 5.41 Å². The van der Waals surface area contributed by atoms with Crippen LogP contribution in [-0.2, 0) is 11.3 Å². The molecular weight excluding hydrogens is 232 g/mol. The Kier molecular flexibility index (Phi) is 3.70. The zero-order chi connectivity index (χ0) is 12.8. The Morgan fingerprint density at radius 2 is 2.17 bits per heavy atom. The topological polar surface area (TPSA) is 71.2 Å². The number of rotatable bonds is 4. The molecule has 0 fully saturated rings. The van der Waals surface area contributed by atoms with Crippen molar-refractivity contribution in [2.75, 3.05) is 5.01 Å². The van der Waals surface area contributed by atoms with E-state index in [1.54, 1.807) is 12.3 Å². The van der Waals surface area contributed by atoms with E-state index in [-0.39, 0.29) is 6.61 Å². The summed E-state index contributed by atoms with van der Waals surface area (Å²) in [5, 5.41) is 12.0. The number of amides is 1. The number of aromatic nitrogens is 2. The smallest absolute Gasteiger partial charge is 0.436 e. The third-order valence-corrected chi connectivity index (χ3v) is 2.23. The van der Waals surface area contributed by atoms with E-state index in [9.17, 15) is 4.79 Å². The van der Waals surface area contributed by atoms with Crippen LogP contribution in [-0.4, -0.2) is 22.3 Å². The second-order valence-corrected chi connectivity index (χ2v) is 3.44. The fourth-order valence-electron chi connectivity index (χ4n) is 1.37. The molecule has 0 saturated carbocycles. The van der Waals surface area contributed by atoms with Gasteiger partial charge in [0.1, 0.15) is 12.9 Å². The number of nitrogens with zero attached hydrogens (tertiary/aromatic N) is 3. The second kappa shape index (κ2) is 5.62. The van der Waals surface area contributed by atoms with Crippen LogP contribution in [0.1, 0.15) is 5.56 Å². The average Bonchev–Trinajstić information content (AvgIpc) is 2.92. The molecule has 1 amide bonds. The maximum absolute atomic E-state index is 11.7. The van der Waals surface area contributed by atoms with E-state index in [0.717, 1.165) is 16.9 Å². The van der Waals surface area contributed by atoms with Gasteiger partial charge >= 0.3 is 6.09 Å². The van der Waals surface area contributed by atoms with Crippen LogP contribution in [0.2, 0.25) is 0 Å². The fraction of sp³-hybridized carbons (Fsp3) is 0.0833. The standard InChI is InChI=1S/C12H12N4O2/c13-10-15(16-8-4-7-14-16)12(17)18-9-11-5-2-1-3-6-11/h1-8,10,13H,9H2. The van der Waals surface area contributed by atoms with E-state index in [0.29, 0.717) is 0 Å². The first-order valence-electron chi connectivity index (χ1n) is 5.31. The van der Waals surface area contributed by atoms with Crippen molar-refractivity contribution in [1.29, 1.82) is 5.41 Å². The lowest BCUT2D eigenvalue weighted by atomic mass is 10.2. The number of nitrogens with one attached hydrogen (secondary N) is 1. The fourth-order valence-corrected chi connectivity index (χ4v) is 1.37. The van der Waals surface area contributed by atoms with Gasteiger partial charge in [-0.25, -0.2) is 4.79 Å². The number of benzene rings is 1. The highest BCUT2D eigenvalue weighted by Gasteiger charge is 2.14. The quantitative estimate of drug-likeness (QED) is 0.658. The van der Waals surface area contributed by atoms with Gasteiger partial charge in [0.2, 0.25) is 0 Å². The first kappa shape index (κ1) is 11.8.